The largest absolute Gasteiger partial charge is 0.357 e. The highest BCUT2D eigenvalue weighted by Crippen LogP contribution is 2.26. The van der Waals surface area contributed by atoms with E-state index >= 15 is 0 Å². The fourth-order valence-electron chi connectivity index (χ4n) is 4.48. The van der Waals surface area contributed by atoms with Crippen molar-refractivity contribution in [2.24, 2.45) is 10.9 Å². The van der Waals surface area contributed by atoms with Crippen molar-refractivity contribution in [3.63, 3.8) is 0 Å². The molecule has 1 aromatic carbocycles. The normalized spacial score (nSPS) is 19.1. The van der Waals surface area contributed by atoms with Gasteiger partial charge >= 0.3 is 0 Å². The van der Waals surface area contributed by atoms with E-state index in [2.05, 4.69) is 40.8 Å². The van der Waals surface area contributed by atoms with Gasteiger partial charge in [0, 0.05) is 37.3 Å². The van der Waals surface area contributed by atoms with E-state index in [-0.39, 0.29) is 11.8 Å². The lowest BCUT2D eigenvalue weighted by molar-refractivity contribution is -0.119. The van der Waals surface area contributed by atoms with E-state index in [4.69, 9.17) is 4.99 Å². The van der Waals surface area contributed by atoms with Crippen molar-refractivity contribution >= 4 is 17.6 Å². The summed E-state index contributed by atoms with van der Waals surface area (Å²) in [6.45, 7) is 9.31. The molecule has 2 fully saturated rings. The van der Waals surface area contributed by atoms with Crippen LogP contribution in [0.2, 0.25) is 0 Å². The van der Waals surface area contributed by atoms with Gasteiger partial charge in [0.05, 0.1) is 6.54 Å². The first-order valence-electron chi connectivity index (χ1n) is 11.8. The van der Waals surface area contributed by atoms with E-state index in [1.165, 1.54) is 25.8 Å². The molecular formula is C24H39N5O. The highest BCUT2D eigenvalue weighted by atomic mass is 16.1. The minimum Gasteiger partial charge on any atom is -0.357 e. The Morgan fingerprint density at radius 2 is 1.90 bits per heavy atom. The third-order valence-electron chi connectivity index (χ3n) is 6.15. The van der Waals surface area contributed by atoms with Crippen LogP contribution in [0, 0.1) is 5.92 Å². The van der Waals surface area contributed by atoms with Gasteiger partial charge < -0.3 is 20.9 Å². The molecule has 1 heterocycles. The zero-order valence-corrected chi connectivity index (χ0v) is 18.8. The molecule has 0 atom stereocenters. The second-order valence-corrected chi connectivity index (χ2v) is 8.63. The molecular weight excluding hydrogens is 374 g/mol. The molecule has 0 bridgehead atoms. The molecule has 0 spiro atoms. The number of carbonyl (C=O) groups excluding carboxylic acids is 1. The molecule has 1 saturated heterocycles. The molecule has 6 heteroatoms. The molecule has 3 N–H and O–H groups in total. The molecule has 3 rings (SSSR count). The van der Waals surface area contributed by atoms with Crippen LogP contribution < -0.4 is 16.0 Å². The number of guanidine groups is 1. The van der Waals surface area contributed by atoms with Crippen molar-refractivity contribution in [2.75, 3.05) is 31.5 Å². The van der Waals surface area contributed by atoms with Crippen LogP contribution in [0.4, 0.5) is 5.69 Å². The van der Waals surface area contributed by atoms with E-state index in [1.54, 1.807) is 0 Å². The highest BCUT2D eigenvalue weighted by Gasteiger charge is 2.22. The number of carbonyl (C=O) groups is 1. The smallest absolute Gasteiger partial charge is 0.227 e. The zero-order valence-electron chi connectivity index (χ0n) is 18.8. The number of nitrogens with one attached hydrogen (secondary N) is 3. The van der Waals surface area contributed by atoms with Gasteiger partial charge in [-0.25, -0.2) is 4.99 Å². The summed E-state index contributed by atoms with van der Waals surface area (Å²) in [5, 5.41) is 10.1. The van der Waals surface area contributed by atoms with Gasteiger partial charge in [-0.2, -0.15) is 0 Å². The summed E-state index contributed by atoms with van der Waals surface area (Å²) in [6, 6.07) is 8.56. The van der Waals surface area contributed by atoms with Gasteiger partial charge in [0.15, 0.2) is 5.96 Å². The van der Waals surface area contributed by atoms with Gasteiger partial charge in [0.1, 0.15) is 0 Å². The summed E-state index contributed by atoms with van der Waals surface area (Å²) in [5.74, 6) is 1.23. The van der Waals surface area contributed by atoms with Crippen molar-refractivity contribution in [3.05, 3.63) is 29.8 Å². The number of amides is 1. The molecule has 1 aliphatic carbocycles. The maximum absolute atomic E-state index is 12.4. The second kappa shape index (κ2) is 11.9. The van der Waals surface area contributed by atoms with E-state index in [0.717, 1.165) is 62.5 Å². The lowest BCUT2D eigenvalue weighted by atomic mass is 10.1. The fraction of sp³-hybridized carbons (Fsp3) is 0.667. The standard InChI is InChI=1S/C24H39N5O/c1-3-14-29-15-12-21(13-16-29)28-24(25-4-2)26-18-19-8-7-11-22(17-19)27-23(30)20-9-5-6-10-20/h7-8,11,17,20-21H,3-6,9-10,12-16,18H2,1-2H3,(H,27,30)(H2,25,26,28). The van der Waals surface area contributed by atoms with Gasteiger partial charge in [-0.3, -0.25) is 4.79 Å². The topological polar surface area (TPSA) is 68.8 Å². The van der Waals surface area contributed by atoms with Gasteiger partial charge in [-0.15, -0.1) is 0 Å². The van der Waals surface area contributed by atoms with Gasteiger partial charge in [0.2, 0.25) is 5.91 Å². The molecule has 0 radical (unpaired) electrons. The second-order valence-electron chi connectivity index (χ2n) is 8.63. The summed E-state index contributed by atoms with van der Waals surface area (Å²) in [5.41, 5.74) is 1.98. The summed E-state index contributed by atoms with van der Waals surface area (Å²) >= 11 is 0. The summed E-state index contributed by atoms with van der Waals surface area (Å²) in [6.07, 6.45) is 7.92. The highest BCUT2D eigenvalue weighted by molar-refractivity contribution is 5.92. The molecule has 0 unspecified atom stereocenters. The Hall–Kier alpha value is -2.08. The predicted octanol–water partition coefficient (Wildman–Crippen LogP) is 3.74. The van der Waals surface area contributed by atoms with E-state index < -0.39 is 0 Å². The monoisotopic (exact) mass is 413 g/mol. The van der Waals surface area contributed by atoms with Crippen molar-refractivity contribution in [3.8, 4) is 0 Å². The van der Waals surface area contributed by atoms with E-state index in [0.29, 0.717) is 12.6 Å². The first-order chi connectivity index (χ1) is 14.7. The molecule has 1 aromatic rings. The Morgan fingerprint density at radius 1 is 1.13 bits per heavy atom. The van der Waals surface area contributed by atoms with Crippen molar-refractivity contribution in [1.29, 1.82) is 0 Å². The predicted molar refractivity (Wildman–Crippen MR) is 125 cm³/mol. The van der Waals surface area contributed by atoms with Gasteiger partial charge in [0.25, 0.3) is 0 Å². The van der Waals surface area contributed by atoms with Crippen LogP contribution in [0.25, 0.3) is 0 Å². The van der Waals surface area contributed by atoms with Crippen LogP contribution in [0.5, 0.6) is 0 Å². The Bertz CT molecular complexity index is 691. The van der Waals surface area contributed by atoms with Crippen molar-refractivity contribution < 1.29 is 4.79 Å². The quantitative estimate of drug-likeness (QED) is 0.449. The number of piperidine rings is 1. The average Bonchev–Trinajstić information content (AvgIpc) is 3.29. The van der Waals surface area contributed by atoms with E-state index in [9.17, 15) is 4.79 Å². The molecule has 1 amide bonds. The fourth-order valence-corrected chi connectivity index (χ4v) is 4.48. The lowest BCUT2D eigenvalue weighted by Crippen LogP contribution is -2.48. The Kier molecular flexibility index (Phi) is 9.00. The Morgan fingerprint density at radius 3 is 2.60 bits per heavy atom. The minimum atomic E-state index is 0.164. The van der Waals surface area contributed by atoms with Gasteiger partial charge in [-0.1, -0.05) is 31.9 Å². The first-order valence-corrected chi connectivity index (χ1v) is 11.8. The maximum atomic E-state index is 12.4. The summed E-state index contributed by atoms with van der Waals surface area (Å²) < 4.78 is 0. The van der Waals surface area contributed by atoms with Crippen LogP contribution in [0.15, 0.2) is 29.3 Å². The number of nitrogens with zero attached hydrogens (tertiary/aromatic N) is 2. The van der Waals surface area contributed by atoms with Crippen molar-refractivity contribution in [1.82, 2.24) is 15.5 Å². The maximum Gasteiger partial charge on any atom is 0.227 e. The van der Waals surface area contributed by atoms with Gasteiger partial charge in [-0.05, 0) is 63.3 Å². The third kappa shape index (κ3) is 7.01. The molecule has 166 valence electrons. The van der Waals surface area contributed by atoms with Crippen molar-refractivity contribution in [2.45, 2.75) is 71.4 Å². The number of hydrogen-bond donors (Lipinski definition) is 3. The van der Waals surface area contributed by atoms with Crippen LogP contribution >= 0.6 is 0 Å². The van der Waals surface area contributed by atoms with Crippen LogP contribution in [-0.4, -0.2) is 49.0 Å². The third-order valence-corrected chi connectivity index (χ3v) is 6.15. The minimum absolute atomic E-state index is 0.164. The van der Waals surface area contributed by atoms with Crippen LogP contribution in [0.1, 0.15) is 64.4 Å². The number of rotatable bonds is 8. The number of benzene rings is 1. The number of hydrogen-bond acceptors (Lipinski definition) is 3. The number of aliphatic imine (C=N–C) groups is 1. The average molecular weight is 414 g/mol. The molecule has 0 aromatic heterocycles. The summed E-state index contributed by atoms with van der Waals surface area (Å²) in [7, 11) is 0. The van der Waals surface area contributed by atoms with Crippen LogP contribution in [-0.2, 0) is 11.3 Å². The Balaban J connectivity index is 1.53. The molecule has 2 aliphatic rings. The molecule has 30 heavy (non-hydrogen) atoms. The number of anilines is 1. The summed E-state index contributed by atoms with van der Waals surface area (Å²) in [4.78, 5) is 19.7. The molecule has 1 saturated carbocycles. The lowest BCUT2D eigenvalue weighted by Gasteiger charge is -2.32. The molecule has 6 nitrogen and oxygen atoms in total. The number of likely N-dealkylation sites (tertiary alicyclic amines) is 1. The van der Waals surface area contributed by atoms with E-state index in [1.807, 2.05) is 18.2 Å². The first kappa shape index (κ1) is 22.6. The SMILES string of the molecule is CCCN1CCC(NC(=NCc2cccc(NC(=O)C3CCCC3)c2)NCC)CC1. The molecule has 1 aliphatic heterocycles. The Labute approximate surface area is 181 Å². The van der Waals surface area contributed by atoms with Crippen LogP contribution in [0.3, 0.4) is 0 Å². The zero-order chi connectivity index (χ0) is 21.2.